The Morgan fingerprint density at radius 2 is 2.42 bits per heavy atom. The van der Waals surface area contributed by atoms with Crippen LogP contribution in [0.15, 0.2) is 16.7 Å². The van der Waals surface area contributed by atoms with Crippen molar-refractivity contribution in [1.82, 2.24) is 4.98 Å². The van der Waals surface area contributed by atoms with Gasteiger partial charge in [-0.3, -0.25) is 0 Å². The van der Waals surface area contributed by atoms with Crippen molar-refractivity contribution in [3.63, 3.8) is 0 Å². The lowest BCUT2D eigenvalue weighted by Gasteiger charge is -2.00. The van der Waals surface area contributed by atoms with Gasteiger partial charge in [-0.1, -0.05) is 15.9 Å². The Kier molecular flexibility index (Phi) is 2.72. The maximum absolute atomic E-state index is 10.4. The molecule has 0 aliphatic carbocycles. The molecule has 5 nitrogen and oxygen atoms in total. The van der Waals surface area contributed by atoms with Crippen LogP contribution in [0, 0.1) is 10.1 Å². The van der Waals surface area contributed by atoms with Gasteiger partial charge >= 0.3 is 5.82 Å². The summed E-state index contributed by atoms with van der Waals surface area (Å²) < 4.78 is 0.617. The van der Waals surface area contributed by atoms with E-state index in [1.54, 1.807) is 6.07 Å². The van der Waals surface area contributed by atoms with Crippen LogP contribution in [-0.4, -0.2) is 9.91 Å². The average molecular weight is 232 g/mol. The van der Waals surface area contributed by atoms with Gasteiger partial charge in [0.1, 0.15) is 6.20 Å². The normalized spacial score (nSPS) is 9.83. The third kappa shape index (κ3) is 1.59. The lowest BCUT2D eigenvalue weighted by molar-refractivity contribution is -0.390. The van der Waals surface area contributed by atoms with Gasteiger partial charge in [-0.2, -0.15) is 0 Å². The van der Waals surface area contributed by atoms with E-state index in [2.05, 4.69) is 20.9 Å². The molecule has 0 amide bonds. The zero-order valence-electron chi connectivity index (χ0n) is 6.03. The second-order valence-corrected chi connectivity index (χ2v) is 2.91. The van der Waals surface area contributed by atoms with Crippen LogP contribution in [0.4, 0.5) is 5.82 Å². The molecule has 0 spiro atoms. The summed E-state index contributed by atoms with van der Waals surface area (Å²) in [5.74, 6) is -0.188. The summed E-state index contributed by atoms with van der Waals surface area (Å²) in [7, 11) is 0. The van der Waals surface area contributed by atoms with E-state index >= 15 is 0 Å². The highest BCUT2D eigenvalue weighted by molar-refractivity contribution is 9.10. The Hall–Kier alpha value is -1.01. The molecule has 0 bridgehead atoms. The van der Waals surface area contributed by atoms with Gasteiger partial charge in [0.05, 0.1) is 5.56 Å². The second-order valence-electron chi connectivity index (χ2n) is 2.06. The highest BCUT2D eigenvalue weighted by atomic mass is 79.9. The van der Waals surface area contributed by atoms with E-state index in [4.69, 9.17) is 5.73 Å². The number of nitro groups is 1. The summed E-state index contributed by atoms with van der Waals surface area (Å²) in [5, 5.41) is 10.4. The minimum Gasteiger partial charge on any atom is -0.358 e. The predicted octanol–water partition coefficient (Wildman–Crippen LogP) is 1.21. The number of halogens is 1. The zero-order valence-corrected chi connectivity index (χ0v) is 7.61. The molecular formula is C6H6BrN3O2. The van der Waals surface area contributed by atoms with Gasteiger partial charge in [-0.25, -0.2) is 0 Å². The molecule has 1 aromatic rings. The van der Waals surface area contributed by atoms with Crippen LogP contribution in [-0.2, 0) is 6.54 Å². The van der Waals surface area contributed by atoms with Crippen molar-refractivity contribution in [1.29, 1.82) is 0 Å². The van der Waals surface area contributed by atoms with Crippen molar-refractivity contribution in [3.8, 4) is 0 Å². The first kappa shape index (κ1) is 9.08. The quantitative estimate of drug-likeness (QED) is 0.613. The van der Waals surface area contributed by atoms with Crippen molar-refractivity contribution in [2.45, 2.75) is 6.54 Å². The summed E-state index contributed by atoms with van der Waals surface area (Å²) in [6.45, 7) is 0.102. The van der Waals surface area contributed by atoms with Crippen LogP contribution in [0.3, 0.4) is 0 Å². The second kappa shape index (κ2) is 3.59. The first-order valence-electron chi connectivity index (χ1n) is 3.14. The fourth-order valence-corrected chi connectivity index (χ4v) is 1.26. The molecule has 0 radical (unpaired) electrons. The van der Waals surface area contributed by atoms with E-state index in [0.29, 0.717) is 10.0 Å². The Morgan fingerprint density at radius 1 is 1.75 bits per heavy atom. The Labute approximate surface area is 76.9 Å². The first-order valence-corrected chi connectivity index (χ1v) is 3.94. The SMILES string of the molecule is NCc1c(Br)ccnc1[N+](=O)[O-]. The molecule has 1 rings (SSSR count). The molecule has 0 aromatic carbocycles. The van der Waals surface area contributed by atoms with Crippen LogP contribution in [0.1, 0.15) is 5.56 Å². The van der Waals surface area contributed by atoms with Gasteiger partial charge in [-0.05, 0) is 16.0 Å². The van der Waals surface area contributed by atoms with Gasteiger partial charge in [0.25, 0.3) is 0 Å². The van der Waals surface area contributed by atoms with E-state index in [1.807, 2.05) is 0 Å². The molecule has 0 atom stereocenters. The summed E-state index contributed by atoms with van der Waals surface area (Å²) in [5.41, 5.74) is 5.73. The van der Waals surface area contributed by atoms with Crippen LogP contribution in [0.2, 0.25) is 0 Å². The lowest BCUT2D eigenvalue weighted by atomic mass is 10.2. The molecule has 1 aromatic heterocycles. The lowest BCUT2D eigenvalue weighted by Crippen LogP contribution is -2.04. The minimum atomic E-state index is -0.549. The summed E-state index contributed by atoms with van der Waals surface area (Å²) in [6.07, 6.45) is 1.36. The molecule has 0 aliphatic heterocycles. The van der Waals surface area contributed by atoms with Crippen LogP contribution >= 0.6 is 15.9 Å². The Balaban J connectivity index is 3.27. The van der Waals surface area contributed by atoms with Crippen molar-refractivity contribution < 1.29 is 4.92 Å². The van der Waals surface area contributed by atoms with E-state index in [0.717, 1.165) is 0 Å². The summed E-state index contributed by atoms with van der Waals surface area (Å²) in [4.78, 5) is 13.5. The highest BCUT2D eigenvalue weighted by Gasteiger charge is 2.15. The first-order chi connectivity index (χ1) is 5.66. The maximum Gasteiger partial charge on any atom is 0.369 e. The van der Waals surface area contributed by atoms with Crippen molar-refractivity contribution in [2.75, 3.05) is 0 Å². The van der Waals surface area contributed by atoms with Gasteiger partial charge in [0.2, 0.25) is 0 Å². The number of nitrogens with two attached hydrogens (primary N) is 1. The molecule has 2 N–H and O–H groups in total. The van der Waals surface area contributed by atoms with Crippen LogP contribution in [0.25, 0.3) is 0 Å². The molecule has 1 heterocycles. The molecule has 64 valence electrons. The summed E-state index contributed by atoms with van der Waals surface area (Å²) in [6, 6.07) is 1.62. The summed E-state index contributed by atoms with van der Waals surface area (Å²) >= 11 is 3.15. The third-order valence-corrected chi connectivity index (χ3v) is 2.10. The topological polar surface area (TPSA) is 82.0 Å². The van der Waals surface area contributed by atoms with E-state index in [9.17, 15) is 10.1 Å². The van der Waals surface area contributed by atoms with Crippen LogP contribution < -0.4 is 5.73 Å². The molecule has 0 unspecified atom stereocenters. The molecule has 0 aliphatic rings. The largest absolute Gasteiger partial charge is 0.369 e. The van der Waals surface area contributed by atoms with E-state index in [1.165, 1.54) is 6.20 Å². The predicted molar refractivity (Wildman–Crippen MR) is 46.5 cm³/mol. The third-order valence-electron chi connectivity index (χ3n) is 1.35. The number of rotatable bonds is 2. The molecule has 0 saturated carbocycles. The van der Waals surface area contributed by atoms with Crippen molar-refractivity contribution in [2.24, 2.45) is 5.73 Å². The molecule has 0 saturated heterocycles. The van der Waals surface area contributed by atoms with E-state index < -0.39 is 4.92 Å². The van der Waals surface area contributed by atoms with Gasteiger partial charge in [0.15, 0.2) is 0 Å². The number of nitrogens with zero attached hydrogens (tertiary/aromatic N) is 2. The molecule has 12 heavy (non-hydrogen) atoms. The number of hydrogen-bond donors (Lipinski definition) is 1. The Morgan fingerprint density at radius 3 is 2.83 bits per heavy atom. The van der Waals surface area contributed by atoms with Crippen LogP contribution in [0.5, 0.6) is 0 Å². The Bertz CT molecular complexity index is 316. The van der Waals surface area contributed by atoms with E-state index in [-0.39, 0.29) is 12.4 Å². The van der Waals surface area contributed by atoms with Crippen molar-refractivity contribution >= 4 is 21.7 Å². The fraction of sp³-hybridized carbons (Fsp3) is 0.167. The number of hydrogen-bond acceptors (Lipinski definition) is 4. The smallest absolute Gasteiger partial charge is 0.358 e. The van der Waals surface area contributed by atoms with Crippen molar-refractivity contribution in [3.05, 3.63) is 32.4 Å². The maximum atomic E-state index is 10.4. The fourth-order valence-electron chi connectivity index (χ4n) is 0.805. The van der Waals surface area contributed by atoms with Gasteiger partial charge < -0.3 is 15.8 Å². The molecule has 6 heteroatoms. The average Bonchev–Trinajstić information content (AvgIpc) is 2.03. The molecule has 0 fully saturated rings. The zero-order chi connectivity index (χ0) is 9.14. The standard InChI is InChI=1S/C6H6BrN3O2/c7-5-1-2-9-6(10(11)12)4(5)3-8/h1-2H,3,8H2. The molecular weight excluding hydrogens is 226 g/mol. The number of aromatic nitrogens is 1. The minimum absolute atomic E-state index is 0.102. The van der Waals surface area contributed by atoms with Gasteiger partial charge in [0, 0.05) is 11.0 Å². The van der Waals surface area contributed by atoms with Gasteiger partial charge in [-0.15, -0.1) is 0 Å². The number of pyridine rings is 1. The monoisotopic (exact) mass is 231 g/mol. The highest BCUT2D eigenvalue weighted by Crippen LogP contribution is 2.22.